The van der Waals surface area contributed by atoms with E-state index in [0.717, 1.165) is 12.8 Å². The first-order valence-electron chi connectivity index (χ1n) is 6.49. The Bertz CT molecular complexity index is 430. The van der Waals surface area contributed by atoms with Crippen LogP contribution in [0.15, 0.2) is 24.3 Å². The molecule has 1 atom stereocenters. The average Bonchev–Trinajstić information content (AvgIpc) is 2.47. The van der Waals surface area contributed by atoms with Crippen molar-refractivity contribution in [1.82, 2.24) is 0 Å². The lowest BCUT2D eigenvalue weighted by Crippen LogP contribution is -2.43. The molecule has 1 aromatic rings. The molecular formula is C14H20N2O3. The summed E-state index contributed by atoms with van der Waals surface area (Å²) in [5.74, 6) is 0.747. The third kappa shape index (κ3) is 3.68. The number of carbonyl (C=O) groups is 1. The molecule has 2 rings (SSSR count). The Morgan fingerprint density at radius 3 is 2.89 bits per heavy atom. The van der Waals surface area contributed by atoms with E-state index in [2.05, 4.69) is 5.32 Å². The van der Waals surface area contributed by atoms with Gasteiger partial charge in [0.1, 0.15) is 5.75 Å². The van der Waals surface area contributed by atoms with Crippen molar-refractivity contribution in [3.05, 3.63) is 24.3 Å². The van der Waals surface area contributed by atoms with Gasteiger partial charge in [-0.05, 0) is 30.9 Å². The van der Waals surface area contributed by atoms with Gasteiger partial charge in [-0.3, -0.25) is 4.79 Å². The van der Waals surface area contributed by atoms with E-state index in [1.807, 2.05) is 18.2 Å². The third-order valence-electron chi connectivity index (χ3n) is 3.41. The summed E-state index contributed by atoms with van der Waals surface area (Å²) in [5.41, 5.74) is 6.71. The van der Waals surface area contributed by atoms with Crippen molar-refractivity contribution >= 4 is 11.6 Å². The summed E-state index contributed by atoms with van der Waals surface area (Å²) in [6.07, 6.45) is 1.68. The standard InChI is InChI=1S/C14H20N2O3/c1-18-12-4-2-3-11(9-12)16-14(17)13(15)10-5-7-19-8-6-10/h2-4,9-10,13H,5-8,15H2,1H3,(H,16,17). The molecule has 1 aromatic carbocycles. The summed E-state index contributed by atoms with van der Waals surface area (Å²) in [6.45, 7) is 1.37. The van der Waals surface area contributed by atoms with Gasteiger partial charge in [-0.15, -0.1) is 0 Å². The first-order valence-corrected chi connectivity index (χ1v) is 6.49. The fraction of sp³-hybridized carbons (Fsp3) is 0.500. The molecule has 0 saturated carbocycles. The highest BCUT2D eigenvalue weighted by atomic mass is 16.5. The Balaban J connectivity index is 1.95. The average molecular weight is 264 g/mol. The monoisotopic (exact) mass is 264 g/mol. The van der Waals surface area contributed by atoms with Gasteiger partial charge in [-0.1, -0.05) is 6.07 Å². The number of rotatable bonds is 4. The second kappa shape index (κ2) is 6.54. The van der Waals surface area contributed by atoms with Crippen molar-refractivity contribution in [2.75, 3.05) is 25.6 Å². The lowest BCUT2D eigenvalue weighted by Gasteiger charge is -2.26. The normalized spacial score (nSPS) is 17.8. The zero-order chi connectivity index (χ0) is 13.7. The Hall–Kier alpha value is -1.59. The minimum absolute atomic E-state index is 0.153. The van der Waals surface area contributed by atoms with Gasteiger partial charge in [0, 0.05) is 25.0 Å². The molecule has 1 saturated heterocycles. The number of benzene rings is 1. The van der Waals surface area contributed by atoms with E-state index in [4.69, 9.17) is 15.2 Å². The molecule has 1 aliphatic heterocycles. The summed E-state index contributed by atoms with van der Waals surface area (Å²) in [7, 11) is 1.59. The number of nitrogens with one attached hydrogen (secondary N) is 1. The van der Waals surface area contributed by atoms with Gasteiger partial charge >= 0.3 is 0 Å². The predicted molar refractivity (Wildman–Crippen MR) is 73.1 cm³/mol. The Morgan fingerprint density at radius 1 is 1.47 bits per heavy atom. The molecule has 1 aliphatic rings. The fourth-order valence-corrected chi connectivity index (χ4v) is 2.22. The molecule has 0 bridgehead atoms. The van der Waals surface area contributed by atoms with Gasteiger partial charge in [0.25, 0.3) is 0 Å². The summed E-state index contributed by atoms with van der Waals surface area (Å²) in [5, 5.41) is 2.83. The fourth-order valence-electron chi connectivity index (χ4n) is 2.22. The van der Waals surface area contributed by atoms with Crippen LogP contribution in [0.5, 0.6) is 5.75 Å². The number of hydrogen-bond acceptors (Lipinski definition) is 4. The number of methoxy groups -OCH3 is 1. The maximum atomic E-state index is 12.1. The van der Waals surface area contributed by atoms with E-state index in [9.17, 15) is 4.79 Å². The molecule has 1 heterocycles. The first kappa shape index (κ1) is 13.8. The van der Waals surface area contributed by atoms with Gasteiger partial charge in [0.2, 0.25) is 5.91 Å². The molecule has 0 spiro atoms. The molecule has 5 heteroatoms. The van der Waals surface area contributed by atoms with Gasteiger partial charge in [-0.25, -0.2) is 0 Å². The van der Waals surface area contributed by atoms with E-state index in [0.29, 0.717) is 24.7 Å². The summed E-state index contributed by atoms with van der Waals surface area (Å²) < 4.78 is 10.4. The molecule has 19 heavy (non-hydrogen) atoms. The van der Waals surface area contributed by atoms with E-state index in [1.165, 1.54) is 0 Å². The lowest BCUT2D eigenvalue weighted by atomic mass is 9.92. The topological polar surface area (TPSA) is 73.6 Å². The molecule has 0 radical (unpaired) electrons. The van der Waals surface area contributed by atoms with Crippen LogP contribution >= 0.6 is 0 Å². The third-order valence-corrected chi connectivity index (χ3v) is 3.41. The first-order chi connectivity index (χ1) is 9.20. The number of carbonyl (C=O) groups excluding carboxylic acids is 1. The smallest absolute Gasteiger partial charge is 0.241 e. The van der Waals surface area contributed by atoms with Crippen LogP contribution in [0.3, 0.4) is 0 Å². The van der Waals surface area contributed by atoms with Gasteiger partial charge in [0.05, 0.1) is 13.2 Å². The van der Waals surface area contributed by atoms with Crippen molar-refractivity contribution in [3.63, 3.8) is 0 Å². The zero-order valence-corrected chi connectivity index (χ0v) is 11.1. The lowest BCUT2D eigenvalue weighted by molar-refractivity contribution is -0.119. The van der Waals surface area contributed by atoms with E-state index >= 15 is 0 Å². The Kier molecular flexibility index (Phi) is 4.76. The molecule has 1 unspecified atom stereocenters. The van der Waals surface area contributed by atoms with Crippen LogP contribution < -0.4 is 15.8 Å². The van der Waals surface area contributed by atoms with Crippen molar-refractivity contribution in [3.8, 4) is 5.75 Å². The van der Waals surface area contributed by atoms with Crippen LogP contribution in [-0.4, -0.2) is 32.3 Å². The van der Waals surface area contributed by atoms with Crippen LogP contribution in [-0.2, 0) is 9.53 Å². The minimum atomic E-state index is -0.491. The van der Waals surface area contributed by atoms with Crippen LogP contribution in [0, 0.1) is 5.92 Å². The van der Waals surface area contributed by atoms with Gasteiger partial charge in [0.15, 0.2) is 0 Å². The van der Waals surface area contributed by atoms with Crippen molar-refractivity contribution in [1.29, 1.82) is 0 Å². The number of ether oxygens (including phenoxy) is 2. The van der Waals surface area contributed by atoms with Crippen molar-refractivity contribution in [2.24, 2.45) is 11.7 Å². The van der Waals surface area contributed by atoms with E-state index in [1.54, 1.807) is 13.2 Å². The van der Waals surface area contributed by atoms with E-state index in [-0.39, 0.29) is 11.8 Å². The Labute approximate surface area is 113 Å². The van der Waals surface area contributed by atoms with Crippen molar-refractivity contribution in [2.45, 2.75) is 18.9 Å². The number of amides is 1. The predicted octanol–water partition coefficient (Wildman–Crippen LogP) is 1.39. The second-order valence-electron chi connectivity index (χ2n) is 4.70. The van der Waals surface area contributed by atoms with Crippen LogP contribution in [0.2, 0.25) is 0 Å². The number of hydrogen-bond donors (Lipinski definition) is 2. The molecule has 1 amide bonds. The second-order valence-corrected chi connectivity index (χ2v) is 4.70. The molecule has 1 fully saturated rings. The highest BCUT2D eigenvalue weighted by Gasteiger charge is 2.26. The SMILES string of the molecule is COc1cccc(NC(=O)C(N)C2CCOCC2)c1. The van der Waals surface area contributed by atoms with Crippen LogP contribution in [0.4, 0.5) is 5.69 Å². The number of nitrogens with two attached hydrogens (primary N) is 1. The summed E-state index contributed by atoms with van der Waals surface area (Å²) in [4.78, 5) is 12.1. The number of anilines is 1. The zero-order valence-electron chi connectivity index (χ0n) is 11.1. The quantitative estimate of drug-likeness (QED) is 0.862. The van der Waals surface area contributed by atoms with Gasteiger partial charge in [-0.2, -0.15) is 0 Å². The van der Waals surface area contributed by atoms with Crippen LogP contribution in [0.25, 0.3) is 0 Å². The highest BCUT2D eigenvalue weighted by molar-refractivity contribution is 5.95. The largest absolute Gasteiger partial charge is 0.497 e. The molecule has 104 valence electrons. The molecule has 5 nitrogen and oxygen atoms in total. The molecule has 0 aromatic heterocycles. The Morgan fingerprint density at radius 2 is 2.21 bits per heavy atom. The molecular weight excluding hydrogens is 244 g/mol. The molecule has 0 aliphatic carbocycles. The van der Waals surface area contributed by atoms with Crippen LogP contribution in [0.1, 0.15) is 12.8 Å². The molecule has 3 N–H and O–H groups in total. The maximum Gasteiger partial charge on any atom is 0.241 e. The maximum absolute atomic E-state index is 12.1. The van der Waals surface area contributed by atoms with Crippen molar-refractivity contribution < 1.29 is 14.3 Å². The highest BCUT2D eigenvalue weighted by Crippen LogP contribution is 2.20. The van der Waals surface area contributed by atoms with E-state index < -0.39 is 6.04 Å². The summed E-state index contributed by atoms with van der Waals surface area (Å²) in [6, 6.07) is 6.75. The van der Waals surface area contributed by atoms with Gasteiger partial charge < -0.3 is 20.5 Å². The minimum Gasteiger partial charge on any atom is -0.497 e. The summed E-state index contributed by atoms with van der Waals surface area (Å²) >= 11 is 0.